The van der Waals surface area contributed by atoms with Gasteiger partial charge in [0.25, 0.3) is 0 Å². The Labute approximate surface area is 120 Å². The third kappa shape index (κ3) is 2.70. The molecule has 1 aromatic carbocycles. The molecule has 112 valence electrons. The number of aromatic nitrogens is 1. The minimum atomic E-state index is -0.655. The maximum absolute atomic E-state index is 14.3. The summed E-state index contributed by atoms with van der Waals surface area (Å²) < 4.78 is 25.5. The van der Waals surface area contributed by atoms with Gasteiger partial charge in [0, 0.05) is 19.2 Å². The van der Waals surface area contributed by atoms with Crippen LogP contribution < -0.4 is 10.7 Å². The van der Waals surface area contributed by atoms with Crippen molar-refractivity contribution in [2.24, 2.45) is 0 Å². The van der Waals surface area contributed by atoms with Crippen LogP contribution in [0, 0.1) is 5.82 Å². The van der Waals surface area contributed by atoms with Gasteiger partial charge in [-0.3, -0.25) is 0 Å². The van der Waals surface area contributed by atoms with E-state index in [4.69, 9.17) is 14.3 Å². The largest absolute Gasteiger partial charge is 0.423 e. The molecule has 0 saturated carbocycles. The summed E-state index contributed by atoms with van der Waals surface area (Å²) >= 11 is 0. The van der Waals surface area contributed by atoms with Crippen LogP contribution in [0.25, 0.3) is 5.69 Å². The zero-order valence-corrected chi connectivity index (χ0v) is 11.3. The SMILES string of the molecule is O=c1oc(CO)cn1-c1ccc(N2CCOCC2)c(F)c1. The molecule has 0 radical (unpaired) electrons. The summed E-state index contributed by atoms with van der Waals surface area (Å²) in [6, 6.07) is 4.56. The third-order valence-electron chi connectivity index (χ3n) is 3.41. The summed E-state index contributed by atoms with van der Waals surface area (Å²) in [6.07, 6.45) is 1.35. The molecule has 0 atom stereocenters. The Bertz CT molecular complexity index is 689. The van der Waals surface area contributed by atoms with Crippen molar-refractivity contribution in [3.05, 3.63) is 46.5 Å². The number of hydrogen-bond donors (Lipinski definition) is 1. The van der Waals surface area contributed by atoms with Crippen LogP contribution in [0.5, 0.6) is 0 Å². The molecule has 21 heavy (non-hydrogen) atoms. The first-order valence-electron chi connectivity index (χ1n) is 6.64. The van der Waals surface area contributed by atoms with Crippen molar-refractivity contribution in [2.75, 3.05) is 31.2 Å². The molecule has 0 aliphatic carbocycles. The van der Waals surface area contributed by atoms with Crippen LogP contribution in [0.3, 0.4) is 0 Å². The lowest BCUT2D eigenvalue weighted by molar-refractivity contribution is 0.122. The summed E-state index contributed by atoms with van der Waals surface area (Å²) in [5, 5.41) is 8.95. The van der Waals surface area contributed by atoms with E-state index < -0.39 is 11.6 Å². The standard InChI is InChI=1S/C14H15FN2O4/c15-12-7-10(17-8-11(9-18)21-14(17)19)1-2-13(12)16-3-5-20-6-4-16/h1-2,7-8,18H,3-6,9H2. The number of halogens is 1. The van der Waals surface area contributed by atoms with Crippen LogP contribution in [0.4, 0.5) is 10.1 Å². The van der Waals surface area contributed by atoms with E-state index in [1.165, 1.54) is 12.3 Å². The second-order valence-corrected chi connectivity index (χ2v) is 4.73. The Hall–Kier alpha value is -2.12. The van der Waals surface area contributed by atoms with Crippen LogP contribution >= 0.6 is 0 Å². The maximum atomic E-state index is 14.3. The monoisotopic (exact) mass is 294 g/mol. The van der Waals surface area contributed by atoms with Gasteiger partial charge in [-0.15, -0.1) is 0 Å². The van der Waals surface area contributed by atoms with Gasteiger partial charge in [0.15, 0.2) is 5.76 Å². The molecule has 7 heteroatoms. The van der Waals surface area contributed by atoms with E-state index in [2.05, 4.69) is 0 Å². The quantitative estimate of drug-likeness (QED) is 0.911. The van der Waals surface area contributed by atoms with Crippen LogP contribution in [0.2, 0.25) is 0 Å². The molecule has 2 aromatic rings. The highest BCUT2D eigenvalue weighted by atomic mass is 19.1. The van der Waals surface area contributed by atoms with Crippen LogP contribution in [-0.2, 0) is 11.3 Å². The van der Waals surface area contributed by atoms with Crippen molar-refractivity contribution in [2.45, 2.75) is 6.61 Å². The summed E-state index contributed by atoms with van der Waals surface area (Å²) in [5.41, 5.74) is 0.846. The lowest BCUT2D eigenvalue weighted by atomic mass is 10.2. The summed E-state index contributed by atoms with van der Waals surface area (Å²) in [7, 11) is 0. The second-order valence-electron chi connectivity index (χ2n) is 4.73. The molecular weight excluding hydrogens is 279 g/mol. The predicted molar refractivity (Wildman–Crippen MR) is 73.2 cm³/mol. The van der Waals surface area contributed by atoms with Gasteiger partial charge in [0.1, 0.15) is 12.4 Å². The van der Waals surface area contributed by atoms with Gasteiger partial charge in [-0.05, 0) is 12.1 Å². The van der Waals surface area contributed by atoms with Crippen molar-refractivity contribution in [1.29, 1.82) is 0 Å². The van der Waals surface area contributed by atoms with Gasteiger partial charge in [-0.2, -0.15) is 0 Å². The van der Waals surface area contributed by atoms with Crippen LogP contribution in [0.15, 0.2) is 33.6 Å². The molecule has 3 rings (SSSR count). The number of rotatable bonds is 3. The Kier molecular flexibility index (Phi) is 3.76. The number of morpholine rings is 1. The molecule has 1 aromatic heterocycles. The predicted octanol–water partition coefficient (Wildman–Crippen LogP) is 0.899. The van der Waals surface area contributed by atoms with E-state index in [-0.39, 0.29) is 12.4 Å². The highest BCUT2D eigenvalue weighted by molar-refractivity contribution is 5.52. The summed E-state index contributed by atoms with van der Waals surface area (Å²) in [4.78, 5) is 13.5. The molecular formula is C14H15FN2O4. The van der Waals surface area contributed by atoms with Gasteiger partial charge >= 0.3 is 5.76 Å². The first kappa shape index (κ1) is 13.8. The lowest BCUT2D eigenvalue weighted by Gasteiger charge is -2.29. The number of anilines is 1. The van der Waals surface area contributed by atoms with E-state index in [1.54, 1.807) is 12.1 Å². The Morgan fingerprint density at radius 1 is 1.29 bits per heavy atom. The minimum Gasteiger partial charge on any atom is -0.410 e. The van der Waals surface area contributed by atoms with Crippen molar-refractivity contribution in [3.63, 3.8) is 0 Å². The third-order valence-corrected chi connectivity index (χ3v) is 3.41. The molecule has 1 N–H and O–H groups in total. The highest BCUT2D eigenvalue weighted by Gasteiger charge is 2.16. The smallest absolute Gasteiger partial charge is 0.410 e. The average molecular weight is 294 g/mol. The summed E-state index contributed by atoms with van der Waals surface area (Å²) in [5.74, 6) is -0.928. The number of aliphatic hydroxyl groups is 1. The number of nitrogens with zero attached hydrogens (tertiary/aromatic N) is 2. The van der Waals surface area contributed by atoms with E-state index in [1.807, 2.05) is 4.90 Å². The van der Waals surface area contributed by atoms with Crippen molar-refractivity contribution < 1.29 is 18.7 Å². The molecule has 1 saturated heterocycles. The van der Waals surface area contributed by atoms with E-state index in [9.17, 15) is 9.18 Å². The number of benzene rings is 1. The van der Waals surface area contributed by atoms with Gasteiger partial charge < -0.3 is 19.2 Å². The first-order chi connectivity index (χ1) is 10.2. The average Bonchev–Trinajstić information content (AvgIpc) is 2.89. The fourth-order valence-corrected chi connectivity index (χ4v) is 2.34. The first-order valence-corrected chi connectivity index (χ1v) is 6.64. The van der Waals surface area contributed by atoms with Gasteiger partial charge in [-0.25, -0.2) is 13.8 Å². The summed E-state index contributed by atoms with van der Waals surface area (Å²) in [6.45, 7) is 2.04. The number of oxazole rings is 1. The molecule has 0 unspecified atom stereocenters. The Morgan fingerprint density at radius 2 is 2.05 bits per heavy atom. The van der Waals surface area contributed by atoms with Crippen LogP contribution in [0.1, 0.15) is 5.76 Å². The molecule has 1 aliphatic heterocycles. The van der Waals surface area contributed by atoms with Crippen LogP contribution in [-0.4, -0.2) is 36.0 Å². The van der Waals surface area contributed by atoms with E-state index in [0.717, 1.165) is 4.57 Å². The Balaban J connectivity index is 1.93. The highest BCUT2D eigenvalue weighted by Crippen LogP contribution is 2.23. The number of ether oxygens (including phenoxy) is 1. The Morgan fingerprint density at radius 3 is 2.67 bits per heavy atom. The molecule has 6 nitrogen and oxygen atoms in total. The van der Waals surface area contributed by atoms with Crippen molar-refractivity contribution in [3.8, 4) is 5.69 Å². The zero-order valence-electron chi connectivity index (χ0n) is 11.3. The van der Waals surface area contributed by atoms with E-state index in [0.29, 0.717) is 37.7 Å². The van der Waals surface area contributed by atoms with Gasteiger partial charge in [-0.1, -0.05) is 0 Å². The van der Waals surface area contributed by atoms with Crippen molar-refractivity contribution in [1.82, 2.24) is 4.57 Å². The zero-order chi connectivity index (χ0) is 14.8. The number of hydrogen-bond acceptors (Lipinski definition) is 5. The van der Waals surface area contributed by atoms with Crippen molar-refractivity contribution >= 4 is 5.69 Å². The fraction of sp³-hybridized carbons (Fsp3) is 0.357. The fourth-order valence-electron chi connectivity index (χ4n) is 2.34. The molecule has 0 amide bonds. The second kappa shape index (κ2) is 5.71. The maximum Gasteiger partial charge on any atom is 0.423 e. The topological polar surface area (TPSA) is 67.8 Å². The van der Waals surface area contributed by atoms with Gasteiger partial charge in [0.2, 0.25) is 0 Å². The number of aliphatic hydroxyl groups excluding tert-OH is 1. The van der Waals surface area contributed by atoms with Gasteiger partial charge in [0.05, 0.1) is 30.8 Å². The molecule has 0 bridgehead atoms. The lowest BCUT2D eigenvalue weighted by Crippen LogP contribution is -2.36. The minimum absolute atomic E-state index is 0.137. The normalized spacial score (nSPS) is 15.4. The molecule has 1 aliphatic rings. The molecule has 0 spiro atoms. The van der Waals surface area contributed by atoms with E-state index >= 15 is 0 Å². The molecule has 1 fully saturated rings. The molecule has 2 heterocycles.